The molecule has 13 heteroatoms. The van der Waals surface area contributed by atoms with Gasteiger partial charge in [-0.3, -0.25) is 4.72 Å². The highest BCUT2D eigenvalue weighted by atomic mass is 32.2. The molecule has 0 bridgehead atoms. The van der Waals surface area contributed by atoms with Crippen molar-refractivity contribution in [3.05, 3.63) is 84.2 Å². The Bertz CT molecular complexity index is 1410. The monoisotopic (exact) mass is 572 g/mol. The number of ether oxygens (including phenoxy) is 2. The molecule has 9 nitrogen and oxygen atoms in total. The van der Waals surface area contributed by atoms with E-state index in [1.54, 1.807) is 7.11 Å². The van der Waals surface area contributed by atoms with Crippen LogP contribution in [0, 0.1) is 6.92 Å². The molecule has 0 fully saturated rings. The molecule has 40 heavy (non-hydrogen) atoms. The van der Waals surface area contributed by atoms with Crippen LogP contribution in [0.4, 0.5) is 18.0 Å². The number of carbonyl (C=O) groups is 1. The maximum absolute atomic E-state index is 12.3. The van der Waals surface area contributed by atoms with Gasteiger partial charge in [0.25, 0.3) is 0 Å². The molecule has 4 aromatic rings. The van der Waals surface area contributed by atoms with E-state index in [4.69, 9.17) is 4.74 Å². The van der Waals surface area contributed by atoms with Crippen molar-refractivity contribution in [2.75, 3.05) is 20.2 Å². The molecule has 210 valence electrons. The van der Waals surface area contributed by atoms with Crippen LogP contribution in [0.5, 0.6) is 11.5 Å². The summed E-state index contributed by atoms with van der Waals surface area (Å²) in [5, 5.41) is 10.0. The van der Waals surface area contributed by atoms with Crippen molar-refractivity contribution in [1.29, 1.82) is 0 Å². The average molecular weight is 573 g/mol. The maximum Gasteiger partial charge on any atom is 0.573 e. The first kappa shape index (κ1) is 28.8. The summed E-state index contributed by atoms with van der Waals surface area (Å²) < 4.78 is 50.8. The minimum absolute atomic E-state index is 0.274. The minimum Gasteiger partial charge on any atom is -0.497 e. The first-order valence-corrected chi connectivity index (χ1v) is 12.9. The fourth-order valence-electron chi connectivity index (χ4n) is 3.56. The number of benzene rings is 3. The number of hydrogen-bond acceptors (Lipinski definition) is 7. The number of aromatic nitrogens is 3. The average Bonchev–Trinajstić information content (AvgIpc) is 3.42. The first-order chi connectivity index (χ1) is 19.2. The molecule has 0 atom stereocenters. The third-order valence-electron chi connectivity index (χ3n) is 5.57. The number of nitrogens with one attached hydrogen (secondary N) is 3. The number of urea groups is 1. The van der Waals surface area contributed by atoms with Gasteiger partial charge in [-0.15, -0.1) is 18.3 Å². The molecular weight excluding hydrogens is 545 g/mol. The highest BCUT2D eigenvalue weighted by molar-refractivity contribution is 7.97. The minimum atomic E-state index is -4.75. The summed E-state index contributed by atoms with van der Waals surface area (Å²) in [6.07, 6.45) is -3.28. The van der Waals surface area contributed by atoms with E-state index in [0.29, 0.717) is 31.1 Å². The molecule has 4 rings (SSSR count). The summed E-state index contributed by atoms with van der Waals surface area (Å²) in [5.41, 5.74) is 3.28. The Kier molecular flexibility index (Phi) is 9.51. The van der Waals surface area contributed by atoms with Crippen molar-refractivity contribution in [3.8, 4) is 28.6 Å². The molecule has 0 saturated carbocycles. The highest BCUT2D eigenvalue weighted by Gasteiger charge is 2.31. The Morgan fingerprint density at radius 3 is 2.38 bits per heavy atom. The number of hydrogen-bond donors (Lipinski definition) is 3. The lowest BCUT2D eigenvalue weighted by Crippen LogP contribution is -2.38. The lowest BCUT2D eigenvalue weighted by molar-refractivity contribution is -0.274. The molecule has 3 N–H and O–H groups in total. The van der Waals surface area contributed by atoms with Gasteiger partial charge >= 0.3 is 12.4 Å². The van der Waals surface area contributed by atoms with E-state index in [1.165, 1.54) is 47.2 Å². The zero-order valence-electron chi connectivity index (χ0n) is 21.7. The van der Waals surface area contributed by atoms with Gasteiger partial charge in [-0.1, -0.05) is 24.3 Å². The van der Waals surface area contributed by atoms with E-state index < -0.39 is 6.36 Å². The zero-order chi connectivity index (χ0) is 28.5. The molecule has 0 aliphatic heterocycles. The standard InChI is InChI=1S/C27H27F3N6O3S/c1-18-15-23(38-2)11-12-24(18)40-34-14-13-31-26(37)32-16-19-3-5-20(6-4-19)25-33-17-36(35-25)21-7-9-22(10-8-21)39-27(28,29)30/h3-12,15,17,34H,13-14,16H2,1-2H3,(H2,31,32,37). The normalized spacial score (nSPS) is 11.2. The van der Waals surface area contributed by atoms with Gasteiger partial charge in [0.05, 0.1) is 12.8 Å². The Balaban J connectivity index is 1.19. The summed E-state index contributed by atoms with van der Waals surface area (Å²) in [4.78, 5) is 17.5. The molecule has 0 unspecified atom stereocenters. The van der Waals surface area contributed by atoms with Gasteiger partial charge in [-0.05, 0) is 72.5 Å². The third-order valence-corrected chi connectivity index (χ3v) is 6.60. The molecule has 1 heterocycles. The van der Waals surface area contributed by atoms with Crippen molar-refractivity contribution < 1.29 is 27.4 Å². The predicted molar refractivity (Wildman–Crippen MR) is 145 cm³/mol. The van der Waals surface area contributed by atoms with Crippen LogP contribution >= 0.6 is 11.9 Å². The van der Waals surface area contributed by atoms with Crippen molar-refractivity contribution >= 4 is 18.0 Å². The molecule has 1 aromatic heterocycles. The molecule has 3 aromatic carbocycles. The van der Waals surface area contributed by atoms with E-state index in [9.17, 15) is 18.0 Å². The number of nitrogens with zero attached hydrogens (tertiary/aromatic N) is 3. The molecule has 0 saturated heterocycles. The van der Waals surface area contributed by atoms with E-state index in [0.717, 1.165) is 27.3 Å². The lowest BCUT2D eigenvalue weighted by atomic mass is 10.1. The second-order valence-electron chi connectivity index (χ2n) is 8.49. The van der Waals surface area contributed by atoms with Crippen molar-refractivity contribution in [3.63, 3.8) is 0 Å². The first-order valence-electron chi connectivity index (χ1n) is 12.1. The van der Waals surface area contributed by atoms with Crippen molar-refractivity contribution in [2.24, 2.45) is 0 Å². The molecule has 0 spiro atoms. The number of halogens is 3. The highest BCUT2D eigenvalue weighted by Crippen LogP contribution is 2.25. The van der Waals surface area contributed by atoms with Gasteiger partial charge in [0.1, 0.15) is 17.8 Å². The van der Waals surface area contributed by atoms with Gasteiger partial charge < -0.3 is 20.1 Å². The second kappa shape index (κ2) is 13.2. The number of methoxy groups -OCH3 is 1. The lowest BCUT2D eigenvalue weighted by Gasteiger charge is -2.10. The number of amides is 2. The van der Waals surface area contributed by atoms with Crippen LogP contribution in [0.3, 0.4) is 0 Å². The zero-order valence-corrected chi connectivity index (χ0v) is 22.5. The van der Waals surface area contributed by atoms with Crippen molar-refractivity contribution in [2.45, 2.75) is 24.7 Å². The molecule has 0 aliphatic rings. The largest absolute Gasteiger partial charge is 0.573 e. The fraction of sp³-hybridized carbons (Fsp3) is 0.222. The van der Waals surface area contributed by atoms with Crippen LogP contribution in [0.25, 0.3) is 17.1 Å². The summed E-state index contributed by atoms with van der Waals surface area (Å²) in [6, 6.07) is 18.3. The van der Waals surface area contributed by atoms with Crippen molar-refractivity contribution in [1.82, 2.24) is 30.1 Å². The van der Waals surface area contributed by atoms with Crippen LogP contribution in [0.2, 0.25) is 0 Å². The van der Waals surface area contributed by atoms with Gasteiger partial charge in [-0.25, -0.2) is 14.5 Å². The van der Waals surface area contributed by atoms with Crippen LogP contribution < -0.4 is 24.8 Å². The van der Waals surface area contributed by atoms with Gasteiger partial charge in [0, 0.05) is 30.1 Å². The molecule has 0 radical (unpaired) electrons. The number of carbonyl (C=O) groups excluding carboxylic acids is 1. The Morgan fingerprint density at radius 2 is 1.70 bits per heavy atom. The van der Waals surface area contributed by atoms with Crippen LogP contribution in [-0.4, -0.2) is 47.4 Å². The Labute approximate surface area is 233 Å². The quantitative estimate of drug-likeness (QED) is 0.167. The fourth-order valence-corrected chi connectivity index (χ4v) is 4.27. The maximum atomic E-state index is 12.3. The molecular formula is C27H27F3N6O3S. The van der Waals surface area contributed by atoms with Crippen LogP contribution in [0.15, 0.2) is 78.0 Å². The second-order valence-corrected chi connectivity index (χ2v) is 9.42. The summed E-state index contributed by atoms with van der Waals surface area (Å²) in [5.74, 6) is 0.945. The van der Waals surface area contributed by atoms with Gasteiger partial charge in [0.2, 0.25) is 0 Å². The Hall–Kier alpha value is -4.23. The summed E-state index contributed by atoms with van der Waals surface area (Å²) in [7, 11) is 1.64. The smallest absolute Gasteiger partial charge is 0.497 e. The van der Waals surface area contributed by atoms with Gasteiger partial charge in [-0.2, -0.15) is 0 Å². The Morgan fingerprint density at radius 1 is 0.975 bits per heavy atom. The van der Waals surface area contributed by atoms with E-state index >= 15 is 0 Å². The summed E-state index contributed by atoms with van der Waals surface area (Å²) >= 11 is 1.50. The number of aryl methyl sites for hydroxylation is 1. The molecule has 0 aliphatic carbocycles. The number of alkyl halides is 3. The van der Waals surface area contributed by atoms with E-state index in [-0.39, 0.29) is 11.8 Å². The summed E-state index contributed by atoms with van der Waals surface area (Å²) in [6.45, 7) is 3.40. The number of rotatable bonds is 11. The van der Waals surface area contributed by atoms with Crippen LogP contribution in [0.1, 0.15) is 11.1 Å². The molecule has 2 amide bonds. The topological polar surface area (TPSA) is 102 Å². The van der Waals surface area contributed by atoms with E-state index in [1.807, 2.05) is 49.4 Å². The SMILES string of the molecule is COc1ccc(SNCCNC(=O)NCc2ccc(-c3ncn(-c4ccc(OC(F)(F)F)cc4)n3)cc2)c(C)c1. The van der Waals surface area contributed by atoms with Crippen LogP contribution in [-0.2, 0) is 6.54 Å². The van der Waals surface area contributed by atoms with Gasteiger partial charge in [0.15, 0.2) is 5.82 Å². The predicted octanol–water partition coefficient (Wildman–Crippen LogP) is 5.25. The van der Waals surface area contributed by atoms with E-state index in [2.05, 4.69) is 30.2 Å². The third kappa shape index (κ3) is 8.38.